The number of hydrogen-bond acceptors (Lipinski definition) is 6. The van der Waals surface area contributed by atoms with Crippen LogP contribution in [-0.4, -0.2) is 41.8 Å². The second-order valence-corrected chi connectivity index (χ2v) is 7.23. The lowest BCUT2D eigenvalue weighted by atomic mass is 10.2. The summed E-state index contributed by atoms with van der Waals surface area (Å²) in [6.07, 6.45) is 0.0519. The highest BCUT2D eigenvalue weighted by Crippen LogP contribution is 2.35. The number of aromatic amines is 1. The fourth-order valence-corrected chi connectivity index (χ4v) is 3.38. The lowest BCUT2D eigenvalue weighted by molar-refractivity contribution is -0.144. The first-order valence-corrected chi connectivity index (χ1v) is 9.86. The molecule has 2 aromatic carbocycles. The number of benzene rings is 2. The summed E-state index contributed by atoms with van der Waals surface area (Å²) in [5, 5.41) is 10.3. The molecule has 0 aliphatic carbocycles. The highest BCUT2D eigenvalue weighted by Gasteiger charge is 2.17. The van der Waals surface area contributed by atoms with E-state index in [1.54, 1.807) is 12.1 Å². The van der Waals surface area contributed by atoms with Crippen LogP contribution in [0.5, 0.6) is 11.5 Å². The van der Waals surface area contributed by atoms with Crippen molar-refractivity contribution in [1.82, 2.24) is 15.5 Å². The van der Waals surface area contributed by atoms with Gasteiger partial charge in [0.05, 0.1) is 11.9 Å². The average molecular weight is 460 g/mol. The molecule has 1 aromatic heterocycles. The summed E-state index contributed by atoms with van der Waals surface area (Å²) in [6.45, 7) is 1.24. The molecular weight excluding hydrogens is 442 g/mol. The van der Waals surface area contributed by atoms with Crippen LogP contribution in [0.2, 0.25) is 0 Å². The first kappa shape index (κ1) is 19.3. The number of fused-ring (bicyclic) bond motifs is 2. The zero-order chi connectivity index (χ0) is 20.2. The maximum absolute atomic E-state index is 12.3. The Morgan fingerprint density at radius 2 is 1.93 bits per heavy atom. The summed E-state index contributed by atoms with van der Waals surface area (Å²) in [5.41, 5.74) is 1.85. The third-order valence-electron chi connectivity index (χ3n) is 4.40. The van der Waals surface area contributed by atoms with Gasteiger partial charge in [-0.2, -0.15) is 5.10 Å². The first-order valence-electron chi connectivity index (χ1n) is 9.07. The molecule has 150 valence electrons. The topological polar surface area (TPSA) is 103 Å². The maximum Gasteiger partial charge on any atom is 0.307 e. The number of carbonyl (C=O) groups excluding carboxylic acids is 2. The average Bonchev–Trinajstić information content (AvgIpc) is 3.16. The number of nitrogens with zero attached hydrogens (tertiary/aromatic N) is 1. The van der Waals surface area contributed by atoms with E-state index in [1.807, 2.05) is 24.3 Å². The van der Waals surface area contributed by atoms with Crippen molar-refractivity contribution in [2.24, 2.45) is 0 Å². The van der Waals surface area contributed by atoms with Crippen molar-refractivity contribution in [3.8, 4) is 11.5 Å². The number of halogens is 1. The molecule has 0 unspecified atom stereocenters. The molecule has 1 aliphatic rings. The van der Waals surface area contributed by atoms with Crippen molar-refractivity contribution in [2.45, 2.75) is 13.0 Å². The van der Waals surface area contributed by atoms with E-state index < -0.39 is 5.97 Å². The van der Waals surface area contributed by atoms with E-state index in [0.717, 1.165) is 20.9 Å². The van der Waals surface area contributed by atoms with Gasteiger partial charge in [-0.15, -0.1) is 0 Å². The van der Waals surface area contributed by atoms with Gasteiger partial charge in [-0.3, -0.25) is 14.7 Å². The number of nitrogens with one attached hydrogen (secondary N) is 2. The van der Waals surface area contributed by atoms with E-state index >= 15 is 0 Å². The van der Waals surface area contributed by atoms with Crippen LogP contribution in [0, 0.1) is 0 Å². The smallest absolute Gasteiger partial charge is 0.307 e. The van der Waals surface area contributed by atoms with Gasteiger partial charge in [-0.25, -0.2) is 0 Å². The molecule has 1 amide bonds. The molecular formula is C20H18BrN3O5. The van der Waals surface area contributed by atoms with Crippen LogP contribution in [0.25, 0.3) is 10.9 Å². The Hall–Kier alpha value is -3.07. The lowest BCUT2D eigenvalue weighted by Gasteiger charge is -2.19. The molecule has 0 atom stereocenters. The van der Waals surface area contributed by atoms with Crippen LogP contribution < -0.4 is 14.8 Å². The number of esters is 1. The SMILES string of the molecule is O=C(CCNC(=O)c1n[nH]c2ccccc12)OCc1cc2c(cc1Br)OCCO2. The van der Waals surface area contributed by atoms with Gasteiger partial charge in [-0.1, -0.05) is 34.1 Å². The minimum Gasteiger partial charge on any atom is -0.486 e. The predicted molar refractivity (Wildman–Crippen MR) is 108 cm³/mol. The van der Waals surface area contributed by atoms with Crippen LogP contribution in [0.4, 0.5) is 0 Å². The fraction of sp³-hybridized carbons (Fsp3) is 0.250. The van der Waals surface area contributed by atoms with Crippen LogP contribution in [0.15, 0.2) is 40.9 Å². The van der Waals surface area contributed by atoms with Gasteiger partial charge < -0.3 is 19.5 Å². The van der Waals surface area contributed by atoms with Crippen LogP contribution in [0.3, 0.4) is 0 Å². The molecule has 2 N–H and O–H groups in total. The second kappa shape index (κ2) is 8.52. The number of ether oxygens (including phenoxy) is 3. The Labute approximate surface area is 174 Å². The maximum atomic E-state index is 12.3. The number of amides is 1. The Balaban J connectivity index is 1.27. The fourth-order valence-electron chi connectivity index (χ4n) is 2.95. The van der Waals surface area contributed by atoms with Gasteiger partial charge in [0.1, 0.15) is 19.8 Å². The summed E-state index contributed by atoms with van der Waals surface area (Å²) in [5.74, 6) is 0.527. The standard InChI is InChI=1S/C20H18BrN3O5/c21-14-10-17-16(27-7-8-28-17)9-12(14)11-29-18(25)5-6-22-20(26)19-13-3-1-2-4-15(13)23-24-19/h1-4,9-10H,5-8,11H2,(H,22,26)(H,23,24). The summed E-state index contributed by atoms with van der Waals surface area (Å²) < 4.78 is 17.1. The molecule has 3 aromatic rings. The van der Waals surface area contributed by atoms with Gasteiger partial charge in [0.25, 0.3) is 5.91 Å². The summed E-state index contributed by atoms with van der Waals surface area (Å²) in [6, 6.07) is 10.9. The number of hydrogen-bond donors (Lipinski definition) is 2. The van der Waals surface area contributed by atoms with E-state index in [9.17, 15) is 9.59 Å². The van der Waals surface area contributed by atoms with Crippen molar-refractivity contribution in [3.05, 3.63) is 52.1 Å². The zero-order valence-electron chi connectivity index (χ0n) is 15.4. The highest BCUT2D eigenvalue weighted by molar-refractivity contribution is 9.10. The third-order valence-corrected chi connectivity index (χ3v) is 5.14. The van der Waals surface area contributed by atoms with Gasteiger partial charge >= 0.3 is 5.97 Å². The minimum atomic E-state index is -0.418. The molecule has 2 heterocycles. The molecule has 0 saturated carbocycles. The summed E-state index contributed by atoms with van der Waals surface area (Å²) >= 11 is 3.45. The summed E-state index contributed by atoms with van der Waals surface area (Å²) in [4.78, 5) is 24.3. The number of aromatic nitrogens is 2. The number of rotatable bonds is 6. The zero-order valence-corrected chi connectivity index (χ0v) is 17.0. The molecule has 0 bridgehead atoms. The molecule has 0 fully saturated rings. The van der Waals surface area contributed by atoms with Gasteiger partial charge in [-0.05, 0) is 18.2 Å². The molecule has 9 heteroatoms. The van der Waals surface area contributed by atoms with E-state index in [4.69, 9.17) is 14.2 Å². The van der Waals surface area contributed by atoms with Crippen LogP contribution in [0.1, 0.15) is 22.5 Å². The van der Waals surface area contributed by atoms with Crippen molar-refractivity contribution < 1.29 is 23.8 Å². The summed E-state index contributed by atoms with van der Waals surface area (Å²) in [7, 11) is 0. The van der Waals surface area contributed by atoms with Crippen molar-refractivity contribution in [1.29, 1.82) is 0 Å². The monoisotopic (exact) mass is 459 g/mol. The molecule has 29 heavy (non-hydrogen) atoms. The Morgan fingerprint density at radius 1 is 1.17 bits per heavy atom. The molecule has 0 spiro atoms. The number of H-pyrrole nitrogens is 1. The number of para-hydroxylation sites is 1. The highest BCUT2D eigenvalue weighted by atomic mass is 79.9. The van der Waals surface area contributed by atoms with Crippen molar-refractivity contribution in [3.63, 3.8) is 0 Å². The molecule has 0 radical (unpaired) electrons. The van der Waals surface area contributed by atoms with E-state index in [-0.39, 0.29) is 25.5 Å². The van der Waals surface area contributed by atoms with Gasteiger partial charge in [0.15, 0.2) is 17.2 Å². The quantitative estimate of drug-likeness (QED) is 0.549. The van der Waals surface area contributed by atoms with E-state index in [1.165, 1.54) is 0 Å². The van der Waals surface area contributed by atoms with E-state index in [2.05, 4.69) is 31.4 Å². The van der Waals surface area contributed by atoms with Crippen LogP contribution >= 0.6 is 15.9 Å². The van der Waals surface area contributed by atoms with Gasteiger partial charge in [0, 0.05) is 22.0 Å². The third kappa shape index (κ3) is 4.34. The Kier molecular flexibility index (Phi) is 5.66. The first-order chi connectivity index (χ1) is 14.1. The largest absolute Gasteiger partial charge is 0.486 e. The Bertz CT molecular complexity index is 1070. The predicted octanol–water partition coefficient (Wildman–Crippen LogP) is 2.96. The molecule has 4 rings (SSSR count). The van der Waals surface area contributed by atoms with Crippen molar-refractivity contribution >= 4 is 38.7 Å². The molecule has 0 saturated heterocycles. The Morgan fingerprint density at radius 3 is 2.76 bits per heavy atom. The second-order valence-electron chi connectivity index (χ2n) is 6.37. The van der Waals surface area contributed by atoms with Crippen molar-refractivity contribution in [2.75, 3.05) is 19.8 Å². The normalized spacial score (nSPS) is 12.6. The van der Waals surface area contributed by atoms with Gasteiger partial charge in [0.2, 0.25) is 0 Å². The van der Waals surface area contributed by atoms with E-state index in [0.29, 0.717) is 30.4 Å². The van der Waals surface area contributed by atoms with Crippen LogP contribution in [-0.2, 0) is 16.1 Å². The minimum absolute atomic E-state index is 0.0519. The number of carbonyl (C=O) groups is 2. The molecule has 8 nitrogen and oxygen atoms in total. The lowest BCUT2D eigenvalue weighted by Crippen LogP contribution is -2.27. The molecule has 1 aliphatic heterocycles.